The molecule has 0 spiro atoms. The van der Waals surface area contributed by atoms with Gasteiger partial charge in [-0.05, 0) is 38.1 Å². The monoisotopic (exact) mass is 524 g/mol. The molecule has 0 radical (unpaired) electrons. The Morgan fingerprint density at radius 2 is 1.03 bits per heavy atom. The molecule has 0 amide bonds. The molecule has 4 nitrogen and oxygen atoms in total. The van der Waals surface area contributed by atoms with E-state index in [1.165, 1.54) is 26.2 Å². The minimum absolute atomic E-state index is 0.0801. The van der Waals surface area contributed by atoms with Gasteiger partial charge in [0.05, 0.1) is 43.7 Å². The van der Waals surface area contributed by atoms with Gasteiger partial charge in [0.15, 0.2) is 0 Å². The second kappa shape index (κ2) is 7.95. The van der Waals surface area contributed by atoms with Crippen LogP contribution in [0, 0.1) is 13.8 Å². The van der Waals surface area contributed by atoms with Crippen LogP contribution in [0.2, 0.25) is 0 Å². The molecule has 12 heteroatoms. The van der Waals surface area contributed by atoms with Gasteiger partial charge in [0.25, 0.3) is 0 Å². The van der Waals surface area contributed by atoms with Crippen LogP contribution in [0.3, 0.4) is 0 Å². The highest BCUT2D eigenvalue weighted by atomic mass is 32.1. The van der Waals surface area contributed by atoms with Crippen molar-refractivity contribution in [2.75, 3.05) is 0 Å². The Balaban J connectivity index is 1.78. The summed E-state index contributed by atoms with van der Waals surface area (Å²) >= 11 is 1.23. The van der Waals surface area contributed by atoms with E-state index in [4.69, 9.17) is 0 Å². The van der Waals surface area contributed by atoms with E-state index in [-0.39, 0.29) is 21.4 Å². The van der Waals surface area contributed by atoms with Gasteiger partial charge in [-0.2, -0.15) is 26.3 Å². The molecule has 0 aliphatic heterocycles. The smallest absolute Gasteiger partial charge is 0.254 e. The fourth-order valence-corrected chi connectivity index (χ4v) is 6.05. The zero-order valence-corrected chi connectivity index (χ0v) is 19.6. The summed E-state index contributed by atoms with van der Waals surface area (Å²) in [5.74, 6) is -16.0. The predicted molar refractivity (Wildman–Crippen MR) is 122 cm³/mol. The summed E-state index contributed by atoms with van der Waals surface area (Å²) in [5, 5.41) is 0.295. The maximum absolute atomic E-state index is 15.2. The highest BCUT2D eigenvalue weighted by molar-refractivity contribution is 7.17. The molecule has 0 aromatic carbocycles. The molecule has 1 aliphatic rings. The van der Waals surface area contributed by atoms with Gasteiger partial charge < -0.3 is 0 Å². The molecule has 0 saturated heterocycles. The number of thiazole rings is 2. The van der Waals surface area contributed by atoms with Crippen LogP contribution in [0.25, 0.3) is 32.5 Å². The van der Waals surface area contributed by atoms with Crippen LogP contribution in [-0.4, -0.2) is 37.7 Å². The van der Waals surface area contributed by atoms with E-state index in [1.54, 1.807) is 36.4 Å². The Morgan fingerprint density at radius 1 is 0.629 bits per heavy atom. The van der Waals surface area contributed by atoms with E-state index in [2.05, 4.69) is 19.9 Å². The fraction of sp³-hybridized carbons (Fsp3) is 0.217. The van der Waals surface area contributed by atoms with E-state index in [0.717, 1.165) is 0 Å². The third-order valence-corrected chi connectivity index (χ3v) is 7.88. The lowest BCUT2D eigenvalue weighted by Gasteiger charge is -2.25. The van der Waals surface area contributed by atoms with Crippen LogP contribution in [0.5, 0.6) is 0 Å². The van der Waals surface area contributed by atoms with E-state index < -0.39 is 38.7 Å². The van der Waals surface area contributed by atoms with Gasteiger partial charge in [-0.1, -0.05) is 12.1 Å². The number of hydrogen-bond acceptors (Lipinski definition) is 6. The first-order valence-corrected chi connectivity index (χ1v) is 11.8. The molecule has 4 aromatic rings. The average molecular weight is 525 g/mol. The molecule has 0 unspecified atom stereocenters. The number of halogens is 6. The topological polar surface area (TPSA) is 51.6 Å². The minimum atomic E-state index is -5.66. The van der Waals surface area contributed by atoms with Crippen molar-refractivity contribution >= 4 is 33.8 Å². The largest absolute Gasteiger partial charge is 0.380 e. The molecule has 0 bridgehead atoms. The molecule has 4 heterocycles. The predicted octanol–water partition coefficient (Wildman–Crippen LogP) is 7.17. The van der Waals surface area contributed by atoms with E-state index in [0.29, 0.717) is 34.1 Å². The Kier molecular flexibility index (Phi) is 5.37. The first kappa shape index (κ1) is 23.6. The standard InChI is InChI=1S/C23H14F6N4S2/c1-11-17(34-19(32-11)13-7-3-5-9-30-13)15-16(22(26,27)23(28,29)21(15,24)25)18-12(2)33-20(35-18)14-8-4-6-10-31-14/h3-10H,1-2H3. The molecule has 180 valence electrons. The van der Waals surface area contributed by atoms with Gasteiger partial charge in [0, 0.05) is 12.4 Å². The van der Waals surface area contributed by atoms with Crippen LogP contribution >= 0.6 is 22.7 Å². The molecule has 0 fully saturated rings. The molecule has 1 aliphatic carbocycles. The minimum Gasteiger partial charge on any atom is -0.254 e. The summed E-state index contributed by atoms with van der Waals surface area (Å²) < 4.78 is 90.2. The summed E-state index contributed by atoms with van der Waals surface area (Å²) in [4.78, 5) is 15.6. The van der Waals surface area contributed by atoms with Crippen molar-refractivity contribution < 1.29 is 26.3 Å². The number of aromatic nitrogens is 4. The Labute approximate surface area is 203 Å². The number of nitrogens with zero attached hydrogens (tertiary/aromatic N) is 4. The van der Waals surface area contributed by atoms with Gasteiger partial charge in [0.2, 0.25) is 0 Å². The first-order valence-electron chi connectivity index (χ1n) is 10.1. The summed E-state index contributed by atoms with van der Waals surface area (Å²) in [5.41, 5.74) is -2.43. The average Bonchev–Trinajstić information content (AvgIpc) is 3.42. The lowest BCUT2D eigenvalue weighted by molar-refractivity contribution is -0.254. The van der Waals surface area contributed by atoms with E-state index >= 15 is 17.6 Å². The van der Waals surface area contributed by atoms with Gasteiger partial charge in [-0.3, -0.25) is 9.97 Å². The summed E-state index contributed by atoms with van der Waals surface area (Å²) in [6.45, 7) is 2.62. The highest BCUT2D eigenvalue weighted by Crippen LogP contribution is 2.66. The number of rotatable bonds is 4. The Morgan fingerprint density at radius 3 is 1.37 bits per heavy atom. The summed E-state index contributed by atoms with van der Waals surface area (Å²) in [7, 11) is 0. The molecule has 0 saturated carbocycles. The van der Waals surface area contributed by atoms with Crippen molar-refractivity contribution in [3.8, 4) is 21.4 Å². The third-order valence-electron chi connectivity index (χ3n) is 5.48. The molecule has 0 atom stereocenters. The van der Waals surface area contributed by atoms with Crippen LogP contribution < -0.4 is 0 Å². The fourth-order valence-electron chi connectivity index (χ4n) is 3.79. The van der Waals surface area contributed by atoms with Crippen molar-refractivity contribution in [1.29, 1.82) is 0 Å². The lowest BCUT2D eigenvalue weighted by Crippen LogP contribution is -2.48. The zero-order valence-electron chi connectivity index (χ0n) is 18.0. The normalized spacial score (nSPS) is 18.3. The molecular formula is C23H14F6N4S2. The quantitative estimate of drug-likeness (QED) is 0.266. The SMILES string of the molecule is Cc1nc(-c2ccccn2)sc1C1=C(c2sc(-c3ccccn3)nc2C)C(F)(F)C(F)(F)C1(F)F. The lowest BCUT2D eigenvalue weighted by atomic mass is 10.0. The summed E-state index contributed by atoms with van der Waals surface area (Å²) in [6.07, 6.45) is 2.89. The second-order valence-electron chi connectivity index (χ2n) is 7.77. The van der Waals surface area contributed by atoms with Crippen LogP contribution in [-0.2, 0) is 0 Å². The Hall–Kier alpha value is -3.12. The molecule has 5 rings (SSSR count). The van der Waals surface area contributed by atoms with Crippen LogP contribution in [0.4, 0.5) is 26.3 Å². The molecule has 4 aromatic heterocycles. The van der Waals surface area contributed by atoms with Crippen molar-refractivity contribution in [1.82, 2.24) is 19.9 Å². The van der Waals surface area contributed by atoms with Gasteiger partial charge in [0.1, 0.15) is 10.0 Å². The third kappa shape index (κ3) is 3.41. The molecular weight excluding hydrogens is 510 g/mol. The van der Waals surface area contributed by atoms with E-state index in [9.17, 15) is 8.78 Å². The second-order valence-corrected chi connectivity index (χ2v) is 9.77. The zero-order chi connectivity index (χ0) is 25.2. The van der Waals surface area contributed by atoms with Gasteiger partial charge in [-0.15, -0.1) is 22.7 Å². The molecule has 0 N–H and O–H groups in total. The molecule has 35 heavy (non-hydrogen) atoms. The maximum atomic E-state index is 15.2. The highest BCUT2D eigenvalue weighted by Gasteiger charge is 2.81. The van der Waals surface area contributed by atoms with Gasteiger partial charge in [-0.25, -0.2) is 9.97 Å². The van der Waals surface area contributed by atoms with Crippen molar-refractivity contribution in [2.24, 2.45) is 0 Å². The number of alkyl halides is 6. The summed E-state index contributed by atoms with van der Waals surface area (Å²) in [6, 6.07) is 9.64. The number of pyridine rings is 2. The van der Waals surface area contributed by atoms with Gasteiger partial charge >= 0.3 is 17.8 Å². The van der Waals surface area contributed by atoms with Crippen molar-refractivity contribution in [2.45, 2.75) is 31.6 Å². The first-order chi connectivity index (χ1) is 16.5. The van der Waals surface area contributed by atoms with E-state index in [1.807, 2.05) is 0 Å². The maximum Gasteiger partial charge on any atom is 0.380 e. The van der Waals surface area contributed by atoms with Crippen molar-refractivity contribution in [3.63, 3.8) is 0 Å². The number of allylic oxidation sites excluding steroid dienone is 2. The number of aryl methyl sites for hydroxylation is 2. The number of hydrogen-bond donors (Lipinski definition) is 0. The Bertz CT molecular complexity index is 1340. The van der Waals surface area contributed by atoms with Crippen LogP contribution in [0.15, 0.2) is 48.8 Å². The van der Waals surface area contributed by atoms with Crippen LogP contribution in [0.1, 0.15) is 21.1 Å². The van der Waals surface area contributed by atoms with Crippen molar-refractivity contribution in [3.05, 3.63) is 69.9 Å².